The Kier molecular flexibility index (Phi) is 2.56. The van der Waals surface area contributed by atoms with Gasteiger partial charge in [0.1, 0.15) is 10.7 Å². The molecule has 2 rings (SSSR count). The zero-order valence-corrected chi connectivity index (χ0v) is 8.71. The Hall–Kier alpha value is -1.26. The fraction of sp³-hybridized carbons (Fsp3) is 0.200. The van der Waals surface area contributed by atoms with Crippen LogP contribution < -0.4 is 5.73 Å². The molecule has 4 heteroatoms. The fourth-order valence-corrected chi connectivity index (χ4v) is 2.07. The van der Waals surface area contributed by atoms with Gasteiger partial charge in [0.25, 0.3) is 0 Å². The van der Waals surface area contributed by atoms with Crippen molar-refractivity contribution in [3.8, 4) is 10.7 Å². The number of pyridine rings is 1. The highest BCUT2D eigenvalue weighted by atomic mass is 32.1. The van der Waals surface area contributed by atoms with Crippen LogP contribution in [-0.4, -0.2) is 9.97 Å². The normalized spacial score (nSPS) is 10.4. The number of hydrogen-bond acceptors (Lipinski definition) is 4. The maximum Gasteiger partial charge on any atom is 0.142 e. The van der Waals surface area contributed by atoms with Gasteiger partial charge in [0.15, 0.2) is 0 Å². The molecule has 2 aromatic heterocycles. The summed E-state index contributed by atoms with van der Waals surface area (Å²) in [5, 5.41) is 0.948. The van der Waals surface area contributed by atoms with Gasteiger partial charge in [-0.05, 0) is 18.6 Å². The van der Waals surface area contributed by atoms with Crippen molar-refractivity contribution >= 4 is 11.3 Å². The number of hydrogen-bond donors (Lipinski definition) is 1. The molecule has 0 aromatic carbocycles. The van der Waals surface area contributed by atoms with Crippen LogP contribution in [-0.2, 0) is 6.54 Å². The first-order valence-electron chi connectivity index (χ1n) is 4.38. The van der Waals surface area contributed by atoms with Gasteiger partial charge in [0.2, 0.25) is 0 Å². The van der Waals surface area contributed by atoms with Crippen LogP contribution >= 0.6 is 11.3 Å². The van der Waals surface area contributed by atoms with Gasteiger partial charge < -0.3 is 5.73 Å². The van der Waals surface area contributed by atoms with Crippen molar-refractivity contribution < 1.29 is 0 Å². The Labute approximate surface area is 86.6 Å². The van der Waals surface area contributed by atoms with Crippen molar-refractivity contribution in [3.63, 3.8) is 0 Å². The summed E-state index contributed by atoms with van der Waals surface area (Å²) in [5.74, 6) is 0. The van der Waals surface area contributed by atoms with E-state index in [0.717, 1.165) is 21.1 Å². The third-order valence-electron chi connectivity index (χ3n) is 1.97. The van der Waals surface area contributed by atoms with Crippen LogP contribution in [0.5, 0.6) is 0 Å². The van der Waals surface area contributed by atoms with Gasteiger partial charge in [-0.1, -0.05) is 6.07 Å². The maximum absolute atomic E-state index is 5.53. The Balaban J connectivity index is 2.44. The van der Waals surface area contributed by atoms with Crippen molar-refractivity contribution in [2.45, 2.75) is 13.5 Å². The Bertz CT molecular complexity index is 436. The van der Waals surface area contributed by atoms with Gasteiger partial charge in [-0.2, -0.15) is 0 Å². The van der Waals surface area contributed by atoms with E-state index in [-0.39, 0.29) is 0 Å². The van der Waals surface area contributed by atoms with Crippen LogP contribution in [0.1, 0.15) is 10.4 Å². The summed E-state index contributed by atoms with van der Waals surface area (Å²) in [4.78, 5) is 9.69. The molecule has 2 aromatic rings. The number of nitrogens with two attached hydrogens (primary N) is 1. The molecule has 0 unspecified atom stereocenters. The van der Waals surface area contributed by atoms with Crippen LogP contribution in [0, 0.1) is 6.92 Å². The highest BCUT2D eigenvalue weighted by Gasteiger charge is 2.06. The molecule has 0 atom stereocenters. The van der Waals surface area contributed by atoms with Crippen LogP contribution in [0.3, 0.4) is 0 Å². The smallest absolute Gasteiger partial charge is 0.142 e. The van der Waals surface area contributed by atoms with E-state index in [1.54, 1.807) is 17.5 Å². The molecule has 0 saturated heterocycles. The number of thiazole rings is 1. The minimum atomic E-state index is 0.545. The summed E-state index contributed by atoms with van der Waals surface area (Å²) in [6, 6.07) is 3.96. The van der Waals surface area contributed by atoms with Crippen molar-refractivity contribution in [2.24, 2.45) is 5.73 Å². The highest BCUT2D eigenvalue weighted by Crippen LogP contribution is 2.25. The largest absolute Gasteiger partial charge is 0.326 e. The van der Waals surface area contributed by atoms with Gasteiger partial charge in [0.05, 0.1) is 0 Å². The van der Waals surface area contributed by atoms with Crippen LogP contribution in [0.4, 0.5) is 0 Å². The summed E-state index contributed by atoms with van der Waals surface area (Å²) in [6.45, 7) is 2.58. The number of rotatable bonds is 2. The Morgan fingerprint density at radius 2 is 2.29 bits per heavy atom. The van der Waals surface area contributed by atoms with Gasteiger partial charge in [-0.25, -0.2) is 4.98 Å². The highest BCUT2D eigenvalue weighted by molar-refractivity contribution is 7.15. The average Bonchev–Trinajstić information content (AvgIpc) is 2.67. The molecule has 0 fully saturated rings. The number of nitrogens with zero attached hydrogens (tertiary/aromatic N) is 2. The predicted molar refractivity (Wildman–Crippen MR) is 58.0 cm³/mol. The topological polar surface area (TPSA) is 51.8 Å². The van der Waals surface area contributed by atoms with Crippen molar-refractivity contribution in [2.75, 3.05) is 0 Å². The van der Waals surface area contributed by atoms with Gasteiger partial charge >= 0.3 is 0 Å². The summed E-state index contributed by atoms with van der Waals surface area (Å²) in [5.41, 5.74) is 7.63. The Morgan fingerprint density at radius 3 is 2.93 bits per heavy atom. The minimum absolute atomic E-state index is 0.545. The first kappa shape index (κ1) is 9.30. The van der Waals surface area contributed by atoms with E-state index in [9.17, 15) is 0 Å². The molecule has 0 saturated carbocycles. The second kappa shape index (κ2) is 3.86. The molecule has 0 aliphatic heterocycles. The molecule has 0 radical (unpaired) electrons. The zero-order chi connectivity index (χ0) is 9.97. The molecular weight excluding hydrogens is 194 g/mol. The van der Waals surface area contributed by atoms with Gasteiger partial charge in [-0.15, -0.1) is 11.3 Å². The Morgan fingerprint density at radius 1 is 1.43 bits per heavy atom. The standard InChI is InChI=1S/C10H11N3S/c1-7-3-2-4-12-9(7)10-13-6-8(5-11)14-10/h2-4,6H,5,11H2,1H3. The molecular formula is C10H11N3S. The lowest BCUT2D eigenvalue weighted by Crippen LogP contribution is -1.91. The van der Waals surface area contributed by atoms with E-state index >= 15 is 0 Å². The zero-order valence-electron chi connectivity index (χ0n) is 7.90. The lowest BCUT2D eigenvalue weighted by Gasteiger charge is -1.98. The first-order valence-corrected chi connectivity index (χ1v) is 5.19. The maximum atomic E-state index is 5.53. The average molecular weight is 205 g/mol. The van der Waals surface area contributed by atoms with Crippen LogP contribution in [0.15, 0.2) is 24.5 Å². The van der Waals surface area contributed by atoms with Crippen LogP contribution in [0.2, 0.25) is 0 Å². The lowest BCUT2D eigenvalue weighted by molar-refractivity contribution is 1.10. The second-order valence-electron chi connectivity index (χ2n) is 3.00. The monoisotopic (exact) mass is 205 g/mol. The van der Waals surface area contributed by atoms with E-state index in [2.05, 4.69) is 9.97 Å². The third kappa shape index (κ3) is 1.66. The molecule has 0 amide bonds. The lowest BCUT2D eigenvalue weighted by atomic mass is 10.2. The summed E-state index contributed by atoms with van der Waals surface area (Å²) in [7, 11) is 0. The molecule has 0 bridgehead atoms. The molecule has 0 aliphatic carbocycles. The molecule has 14 heavy (non-hydrogen) atoms. The van der Waals surface area contributed by atoms with Gasteiger partial charge in [-0.3, -0.25) is 4.98 Å². The fourth-order valence-electron chi connectivity index (χ4n) is 1.22. The molecule has 3 nitrogen and oxygen atoms in total. The molecule has 0 spiro atoms. The van der Waals surface area contributed by atoms with Crippen molar-refractivity contribution in [3.05, 3.63) is 35.0 Å². The summed E-state index contributed by atoms with van der Waals surface area (Å²) < 4.78 is 0. The van der Waals surface area contributed by atoms with E-state index in [1.165, 1.54) is 0 Å². The van der Waals surface area contributed by atoms with Gasteiger partial charge in [0, 0.05) is 23.8 Å². The quantitative estimate of drug-likeness (QED) is 0.815. The minimum Gasteiger partial charge on any atom is -0.326 e. The van der Waals surface area contributed by atoms with E-state index in [4.69, 9.17) is 5.73 Å². The predicted octanol–water partition coefficient (Wildman–Crippen LogP) is 1.97. The summed E-state index contributed by atoms with van der Waals surface area (Å²) >= 11 is 1.60. The first-order chi connectivity index (χ1) is 6.81. The summed E-state index contributed by atoms with van der Waals surface area (Å²) in [6.07, 6.45) is 3.60. The van der Waals surface area contributed by atoms with E-state index < -0.39 is 0 Å². The number of aryl methyl sites for hydroxylation is 1. The van der Waals surface area contributed by atoms with Crippen molar-refractivity contribution in [1.82, 2.24) is 9.97 Å². The van der Waals surface area contributed by atoms with Crippen molar-refractivity contribution in [1.29, 1.82) is 0 Å². The SMILES string of the molecule is Cc1cccnc1-c1ncc(CN)s1. The van der Waals surface area contributed by atoms with E-state index in [1.807, 2.05) is 25.3 Å². The number of aromatic nitrogens is 2. The second-order valence-corrected chi connectivity index (χ2v) is 4.12. The third-order valence-corrected chi connectivity index (χ3v) is 2.99. The molecule has 2 heterocycles. The molecule has 2 N–H and O–H groups in total. The van der Waals surface area contributed by atoms with Crippen LogP contribution in [0.25, 0.3) is 10.7 Å². The van der Waals surface area contributed by atoms with E-state index in [0.29, 0.717) is 6.54 Å². The molecule has 0 aliphatic rings. The molecule has 72 valence electrons.